The van der Waals surface area contributed by atoms with Crippen LogP contribution in [0.4, 0.5) is 0 Å². The molecule has 0 fully saturated rings. The molecule has 1 radical (unpaired) electrons. The Morgan fingerprint density at radius 2 is 1.46 bits per heavy atom. The van der Waals surface area contributed by atoms with E-state index in [9.17, 15) is 0 Å². The van der Waals surface area contributed by atoms with E-state index in [1.807, 2.05) is 7.00 Å². The Morgan fingerprint density at radius 3 is 2.00 bits per heavy atom. The highest BCUT2D eigenvalue weighted by atomic mass is 32.4. The van der Waals surface area contributed by atoms with E-state index in [1.165, 1.54) is 22.2 Å². The quantitative estimate of drug-likeness (QED) is 0.308. The zero-order chi connectivity index (χ0) is 19.8. The van der Waals surface area contributed by atoms with E-state index < -0.39 is 0 Å². The second-order valence-electron chi connectivity index (χ2n) is 6.98. The van der Waals surface area contributed by atoms with Gasteiger partial charge < -0.3 is 4.74 Å². The van der Waals surface area contributed by atoms with Crippen molar-refractivity contribution in [3.05, 3.63) is 78.9 Å². The molecule has 3 rings (SSSR count). The van der Waals surface area contributed by atoms with Gasteiger partial charge in [-0.15, -0.1) is 0 Å². The molecule has 3 aromatic rings. The van der Waals surface area contributed by atoms with Crippen LogP contribution in [0.2, 0.25) is 0 Å². The molecular formula is C22H25BN2OPS+2. The summed E-state index contributed by atoms with van der Waals surface area (Å²) in [6.45, 7) is 8.62. The third-order valence-electron chi connectivity index (χ3n) is 4.46. The standard InChI is InChI=1S/C22H25BN2OPS/c1-18(2)26-16-15-24-11-7-20(8-12-24)21-9-13-25(14-10-21)17-19-3-5-22(6-4-19)23-27-28/h3-14,18H,15-17H2,1-2H3/q+2. The molecule has 2 aromatic heterocycles. The Bertz CT molecular complexity index is 884. The fourth-order valence-electron chi connectivity index (χ4n) is 2.93. The maximum Gasteiger partial charge on any atom is 0.236 e. The summed E-state index contributed by atoms with van der Waals surface area (Å²) < 4.78 is 9.96. The summed E-state index contributed by atoms with van der Waals surface area (Å²) in [5.41, 5.74) is 4.89. The van der Waals surface area contributed by atoms with Gasteiger partial charge in [-0.3, -0.25) is 0 Å². The summed E-state index contributed by atoms with van der Waals surface area (Å²) in [5.74, 6) is 0. The number of benzene rings is 1. The summed E-state index contributed by atoms with van der Waals surface area (Å²) >= 11 is 4.96. The van der Waals surface area contributed by atoms with Crippen LogP contribution in [0.1, 0.15) is 19.4 Å². The van der Waals surface area contributed by atoms with Gasteiger partial charge in [-0.05, 0) is 25.0 Å². The molecule has 0 atom stereocenters. The number of nitrogens with zero attached hydrogens (tertiary/aromatic N) is 2. The minimum atomic E-state index is 0.277. The zero-order valence-electron chi connectivity index (χ0n) is 16.4. The van der Waals surface area contributed by atoms with E-state index in [4.69, 9.17) is 16.5 Å². The number of hydrogen-bond acceptors (Lipinski definition) is 2. The molecule has 1 aromatic carbocycles. The normalized spacial score (nSPS) is 11.1. The van der Waals surface area contributed by atoms with Gasteiger partial charge in [-0.25, -0.2) is 9.13 Å². The predicted molar refractivity (Wildman–Crippen MR) is 119 cm³/mol. The summed E-state index contributed by atoms with van der Waals surface area (Å²) in [6.07, 6.45) is 8.77. The molecule has 0 N–H and O–H groups in total. The fraction of sp³-hybridized carbons (Fsp3) is 0.273. The number of pyridine rings is 2. The third-order valence-corrected chi connectivity index (χ3v) is 5.18. The molecule has 6 heteroatoms. The van der Waals surface area contributed by atoms with Crippen molar-refractivity contribution in [3.8, 4) is 11.1 Å². The Kier molecular flexibility index (Phi) is 7.85. The minimum absolute atomic E-state index is 0.277. The summed E-state index contributed by atoms with van der Waals surface area (Å²) in [7, 11) is 0.874. The first-order chi connectivity index (χ1) is 13.6. The van der Waals surface area contributed by atoms with Crippen LogP contribution in [0.3, 0.4) is 0 Å². The van der Waals surface area contributed by atoms with E-state index in [0.717, 1.165) is 26.9 Å². The molecule has 0 saturated heterocycles. The van der Waals surface area contributed by atoms with Gasteiger partial charge in [-0.1, -0.05) is 48.8 Å². The Labute approximate surface area is 175 Å². The molecule has 0 saturated carbocycles. The fourth-order valence-corrected chi connectivity index (χ4v) is 3.59. The van der Waals surface area contributed by atoms with Crippen LogP contribution in [0.5, 0.6) is 0 Å². The first-order valence-electron chi connectivity index (χ1n) is 9.49. The van der Waals surface area contributed by atoms with Crippen molar-refractivity contribution in [1.82, 2.24) is 0 Å². The molecule has 2 heterocycles. The molecule has 3 nitrogen and oxygen atoms in total. The molecule has 0 aliphatic carbocycles. The highest BCUT2D eigenvalue weighted by Crippen LogP contribution is 2.15. The number of ether oxygens (including phenoxy) is 1. The molecule has 0 aliphatic heterocycles. The number of hydrogen-bond donors (Lipinski definition) is 0. The topological polar surface area (TPSA) is 17.0 Å². The first-order valence-corrected chi connectivity index (χ1v) is 11.5. The highest BCUT2D eigenvalue weighted by Gasteiger charge is 2.07. The molecule has 0 amide bonds. The monoisotopic (exact) mass is 407 g/mol. The van der Waals surface area contributed by atoms with E-state index in [0.29, 0.717) is 0 Å². The van der Waals surface area contributed by atoms with Gasteiger partial charge in [0.05, 0.1) is 6.10 Å². The van der Waals surface area contributed by atoms with Crippen molar-refractivity contribution < 1.29 is 13.9 Å². The van der Waals surface area contributed by atoms with Gasteiger partial charge in [0.1, 0.15) is 6.61 Å². The van der Waals surface area contributed by atoms with Crippen LogP contribution in [-0.2, 0) is 29.6 Å². The summed E-state index contributed by atoms with van der Waals surface area (Å²) in [5, 5.41) is 0. The predicted octanol–water partition coefficient (Wildman–Crippen LogP) is 3.05. The first kappa shape index (κ1) is 20.8. The Hall–Kier alpha value is -1.94. The van der Waals surface area contributed by atoms with E-state index >= 15 is 0 Å². The Morgan fingerprint density at radius 1 is 0.893 bits per heavy atom. The van der Waals surface area contributed by atoms with Crippen molar-refractivity contribution in [1.29, 1.82) is 0 Å². The average Bonchev–Trinajstić information content (AvgIpc) is 2.71. The average molecular weight is 407 g/mol. The van der Waals surface area contributed by atoms with Gasteiger partial charge in [0, 0.05) is 29.8 Å². The van der Waals surface area contributed by atoms with Gasteiger partial charge in [0.15, 0.2) is 37.9 Å². The van der Waals surface area contributed by atoms with Gasteiger partial charge >= 0.3 is 0 Å². The highest BCUT2D eigenvalue weighted by molar-refractivity contribution is 8.09. The Balaban J connectivity index is 1.59. The van der Waals surface area contributed by atoms with Gasteiger partial charge in [-0.2, -0.15) is 0 Å². The van der Waals surface area contributed by atoms with Crippen molar-refractivity contribution in [3.63, 3.8) is 0 Å². The second kappa shape index (κ2) is 10.6. The van der Waals surface area contributed by atoms with E-state index in [1.54, 1.807) is 0 Å². The lowest BCUT2D eigenvalue weighted by atomic mass is 9.93. The lowest BCUT2D eigenvalue weighted by Gasteiger charge is -2.05. The molecular weight excluding hydrogens is 382 g/mol. The van der Waals surface area contributed by atoms with Crippen LogP contribution in [-0.4, -0.2) is 19.7 Å². The SMILES string of the molecule is CC(C)OCC[n+]1ccc(-c2cc[n+](Cc3ccc([B]P=S)cc3)cc2)cc1. The van der Waals surface area contributed by atoms with Crippen molar-refractivity contribution in [2.75, 3.05) is 6.61 Å². The lowest BCUT2D eigenvalue weighted by Crippen LogP contribution is -2.35. The lowest BCUT2D eigenvalue weighted by molar-refractivity contribution is -0.698. The molecule has 0 spiro atoms. The van der Waals surface area contributed by atoms with E-state index in [-0.39, 0.29) is 6.10 Å². The molecule has 141 valence electrons. The molecule has 0 aliphatic rings. The van der Waals surface area contributed by atoms with Crippen molar-refractivity contribution in [2.45, 2.75) is 33.0 Å². The third kappa shape index (κ3) is 6.30. The van der Waals surface area contributed by atoms with Crippen LogP contribution in [0.25, 0.3) is 11.1 Å². The smallest absolute Gasteiger partial charge is 0.236 e. The second-order valence-corrected chi connectivity index (χ2v) is 8.08. The van der Waals surface area contributed by atoms with Crippen molar-refractivity contribution in [2.24, 2.45) is 0 Å². The van der Waals surface area contributed by atoms with Crippen LogP contribution in [0, 0.1) is 0 Å². The van der Waals surface area contributed by atoms with E-state index in [2.05, 4.69) is 96.3 Å². The van der Waals surface area contributed by atoms with Crippen LogP contribution >= 0.6 is 7.23 Å². The zero-order valence-corrected chi connectivity index (χ0v) is 18.1. The molecule has 28 heavy (non-hydrogen) atoms. The maximum atomic E-state index is 5.61. The molecule has 0 unspecified atom stereocenters. The summed E-state index contributed by atoms with van der Waals surface area (Å²) in [6, 6.07) is 17.2. The number of aromatic nitrogens is 2. The number of rotatable bonds is 9. The van der Waals surface area contributed by atoms with Gasteiger partial charge in [0.2, 0.25) is 7.00 Å². The summed E-state index contributed by atoms with van der Waals surface area (Å²) in [4.78, 5) is 0. The van der Waals surface area contributed by atoms with Crippen LogP contribution in [0.15, 0.2) is 73.3 Å². The minimum Gasteiger partial charge on any atom is -0.372 e. The van der Waals surface area contributed by atoms with Crippen molar-refractivity contribution >= 4 is 31.5 Å². The maximum absolute atomic E-state index is 5.61. The van der Waals surface area contributed by atoms with Gasteiger partial charge in [0.25, 0.3) is 0 Å². The largest absolute Gasteiger partial charge is 0.372 e. The molecule has 0 bridgehead atoms. The van der Waals surface area contributed by atoms with Crippen LogP contribution < -0.4 is 14.6 Å².